The van der Waals surface area contributed by atoms with Crippen molar-refractivity contribution in [2.75, 3.05) is 32.7 Å². The van der Waals surface area contributed by atoms with E-state index in [1.165, 1.54) is 11.1 Å². The lowest BCUT2D eigenvalue weighted by Gasteiger charge is -2.14. The van der Waals surface area contributed by atoms with E-state index in [0.717, 1.165) is 5.56 Å². The van der Waals surface area contributed by atoms with Crippen LogP contribution in [0, 0.1) is 6.92 Å². The fourth-order valence-electron chi connectivity index (χ4n) is 1.87. The van der Waals surface area contributed by atoms with Gasteiger partial charge in [0.2, 0.25) is 5.95 Å². The summed E-state index contributed by atoms with van der Waals surface area (Å²) in [5, 5.41) is 11.5. The zero-order chi connectivity index (χ0) is 19.8. The molecule has 0 saturated carbocycles. The minimum atomic E-state index is -0.338. The number of hydrogen-bond donors (Lipinski definition) is 2. The van der Waals surface area contributed by atoms with Gasteiger partial charge >= 0.3 is 0 Å². The zero-order valence-corrected chi connectivity index (χ0v) is 15.6. The van der Waals surface area contributed by atoms with Crippen LogP contribution in [0.3, 0.4) is 0 Å². The van der Waals surface area contributed by atoms with E-state index in [0.29, 0.717) is 18.1 Å². The van der Waals surface area contributed by atoms with Crippen LogP contribution in [0.5, 0.6) is 11.5 Å². The summed E-state index contributed by atoms with van der Waals surface area (Å²) in [6.45, 7) is 3.77. The van der Waals surface area contributed by atoms with Crippen LogP contribution in [0.15, 0.2) is 28.1 Å². The summed E-state index contributed by atoms with van der Waals surface area (Å²) in [6, 6.07) is 5.18. The molecule has 27 heavy (non-hydrogen) atoms. The Labute approximate surface area is 156 Å². The molecule has 10 heteroatoms. The molecule has 2 rings (SSSR count). The largest absolute Gasteiger partial charge is 0.490 e. The third kappa shape index (κ3) is 5.80. The third-order valence-corrected chi connectivity index (χ3v) is 3.36. The first kappa shape index (κ1) is 19.9. The highest BCUT2D eigenvalue weighted by molar-refractivity contribution is 5.81. The predicted octanol–water partition coefficient (Wildman–Crippen LogP) is 0.785. The van der Waals surface area contributed by atoms with Crippen LogP contribution in [0.25, 0.3) is 0 Å². The number of rotatable bonds is 8. The molecule has 2 aromatic rings. The van der Waals surface area contributed by atoms with Gasteiger partial charge in [0.15, 0.2) is 18.1 Å². The lowest BCUT2D eigenvalue weighted by molar-refractivity contribution is -0.130. The molecule has 0 aliphatic rings. The number of aryl methyl sites for hydroxylation is 1. The first-order valence-corrected chi connectivity index (χ1v) is 8.23. The van der Waals surface area contributed by atoms with Gasteiger partial charge in [0.25, 0.3) is 11.5 Å². The average Bonchev–Trinajstić information content (AvgIpc) is 2.64. The quantitative estimate of drug-likeness (QED) is 0.517. The highest BCUT2D eigenvalue weighted by atomic mass is 16.5. The van der Waals surface area contributed by atoms with E-state index in [1.54, 1.807) is 39.2 Å². The topological polar surface area (TPSA) is 122 Å². The number of amides is 1. The van der Waals surface area contributed by atoms with Gasteiger partial charge in [-0.1, -0.05) is 0 Å². The van der Waals surface area contributed by atoms with Crippen LogP contribution in [0.1, 0.15) is 18.2 Å². The number of anilines is 1. The van der Waals surface area contributed by atoms with Crippen LogP contribution in [-0.2, 0) is 4.79 Å². The Kier molecular flexibility index (Phi) is 6.86. The van der Waals surface area contributed by atoms with Crippen LogP contribution in [0.4, 0.5) is 5.95 Å². The second kappa shape index (κ2) is 9.32. The Balaban J connectivity index is 2.08. The molecule has 1 amide bonds. The Bertz CT molecular complexity index is 878. The Hall–Kier alpha value is -3.43. The fourth-order valence-corrected chi connectivity index (χ4v) is 1.87. The smallest absolute Gasteiger partial charge is 0.274 e. The molecule has 0 spiro atoms. The summed E-state index contributed by atoms with van der Waals surface area (Å²) in [7, 11) is 3.32. The summed E-state index contributed by atoms with van der Waals surface area (Å²) in [5.41, 5.74) is 3.25. The van der Waals surface area contributed by atoms with Crippen LogP contribution in [-0.4, -0.2) is 59.5 Å². The van der Waals surface area contributed by atoms with Crippen LogP contribution < -0.4 is 20.5 Å². The van der Waals surface area contributed by atoms with E-state index in [4.69, 9.17) is 9.47 Å². The van der Waals surface area contributed by atoms with E-state index >= 15 is 0 Å². The van der Waals surface area contributed by atoms with Gasteiger partial charge in [0.05, 0.1) is 12.8 Å². The van der Waals surface area contributed by atoms with Gasteiger partial charge in [-0.25, -0.2) is 5.43 Å². The third-order valence-electron chi connectivity index (χ3n) is 3.36. The Morgan fingerprint density at radius 3 is 2.74 bits per heavy atom. The van der Waals surface area contributed by atoms with Crippen LogP contribution in [0.2, 0.25) is 0 Å². The number of hydrogen-bond acceptors (Lipinski definition) is 8. The van der Waals surface area contributed by atoms with Crippen LogP contribution >= 0.6 is 0 Å². The summed E-state index contributed by atoms with van der Waals surface area (Å²) in [5.74, 6) is 0.942. The van der Waals surface area contributed by atoms with E-state index < -0.39 is 0 Å². The second-order valence-electron chi connectivity index (χ2n) is 5.67. The second-order valence-corrected chi connectivity index (χ2v) is 5.67. The van der Waals surface area contributed by atoms with E-state index in [1.807, 2.05) is 6.92 Å². The number of benzene rings is 1. The van der Waals surface area contributed by atoms with Gasteiger partial charge in [0, 0.05) is 14.1 Å². The van der Waals surface area contributed by atoms with Gasteiger partial charge in [0.1, 0.15) is 5.69 Å². The maximum atomic E-state index is 11.7. The number of carbonyl (C=O) groups excluding carboxylic acids is 1. The van der Waals surface area contributed by atoms with E-state index in [2.05, 4.69) is 25.7 Å². The van der Waals surface area contributed by atoms with Gasteiger partial charge < -0.3 is 14.4 Å². The normalized spacial score (nSPS) is 10.7. The Morgan fingerprint density at radius 2 is 2.07 bits per heavy atom. The molecule has 144 valence electrons. The van der Waals surface area contributed by atoms with E-state index in [9.17, 15) is 9.59 Å². The molecule has 0 aliphatic heterocycles. The SMILES string of the molecule is CCOc1cc(/C=N/Nc2nnc(C)c(=O)[nH]2)ccc1OCC(=O)N(C)C. The molecule has 1 heterocycles. The lowest BCUT2D eigenvalue weighted by atomic mass is 10.2. The number of carbonyl (C=O) groups is 1. The number of aromatic nitrogens is 3. The van der Waals surface area contributed by atoms with Crippen molar-refractivity contribution < 1.29 is 14.3 Å². The molecular weight excluding hydrogens is 352 g/mol. The summed E-state index contributed by atoms with van der Waals surface area (Å²) < 4.78 is 11.1. The molecule has 0 aliphatic carbocycles. The first-order chi connectivity index (χ1) is 12.9. The molecule has 10 nitrogen and oxygen atoms in total. The number of likely N-dealkylation sites (N-methyl/N-ethyl adjacent to an activating group) is 1. The molecule has 0 saturated heterocycles. The number of aromatic amines is 1. The molecule has 1 aromatic carbocycles. The molecule has 0 unspecified atom stereocenters. The molecular formula is C17H22N6O4. The molecule has 0 atom stereocenters. The van der Waals surface area contributed by atoms with Gasteiger partial charge in [-0.2, -0.15) is 5.10 Å². The molecule has 1 aromatic heterocycles. The highest BCUT2D eigenvalue weighted by Crippen LogP contribution is 2.28. The van der Waals surface area contributed by atoms with Crippen molar-refractivity contribution in [3.63, 3.8) is 0 Å². The van der Waals surface area contributed by atoms with Crippen molar-refractivity contribution >= 4 is 18.1 Å². The number of nitrogens with one attached hydrogen (secondary N) is 2. The maximum absolute atomic E-state index is 11.7. The van der Waals surface area contributed by atoms with Crippen molar-refractivity contribution in [1.29, 1.82) is 0 Å². The van der Waals surface area contributed by atoms with E-state index in [-0.39, 0.29) is 29.7 Å². The fraction of sp³-hybridized carbons (Fsp3) is 0.353. The zero-order valence-electron chi connectivity index (χ0n) is 15.6. The maximum Gasteiger partial charge on any atom is 0.274 e. The van der Waals surface area contributed by atoms with Gasteiger partial charge in [-0.05, 0) is 37.6 Å². The molecule has 2 N–H and O–H groups in total. The number of H-pyrrole nitrogens is 1. The van der Waals surface area contributed by atoms with Crippen molar-refractivity contribution in [2.45, 2.75) is 13.8 Å². The van der Waals surface area contributed by atoms with Gasteiger partial charge in [-0.3, -0.25) is 14.6 Å². The predicted molar refractivity (Wildman–Crippen MR) is 100 cm³/mol. The standard InChI is InChI=1S/C17H22N6O4/c1-5-26-14-8-12(6-7-13(14)27-10-15(24)23(3)4)9-18-21-17-19-16(25)11(2)20-22-17/h6-9H,5,10H2,1-4H3,(H2,19,21,22,25)/b18-9+. The summed E-state index contributed by atoms with van der Waals surface area (Å²) in [6.07, 6.45) is 1.52. The highest BCUT2D eigenvalue weighted by Gasteiger charge is 2.10. The average molecular weight is 374 g/mol. The van der Waals surface area contributed by atoms with Gasteiger partial charge in [-0.15, -0.1) is 10.2 Å². The minimum absolute atomic E-state index is 0.0818. The molecule has 0 radical (unpaired) electrons. The molecule has 0 bridgehead atoms. The summed E-state index contributed by atoms with van der Waals surface area (Å²) >= 11 is 0. The monoisotopic (exact) mass is 374 g/mol. The summed E-state index contributed by atoms with van der Waals surface area (Å²) in [4.78, 5) is 27.1. The number of ether oxygens (including phenoxy) is 2. The Morgan fingerprint density at radius 1 is 1.30 bits per heavy atom. The minimum Gasteiger partial charge on any atom is -0.490 e. The van der Waals surface area contributed by atoms with Crippen molar-refractivity contribution in [3.05, 3.63) is 39.8 Å². The number of nitrogens with zero attached hydrogens (tertiary/aromatic N) is 4. The van der Waals surface area contributed by atoms with Crippen molar-refractivity contribution in [1.82, 2.24) is 20.1 Å². The lowest BCUT2D eigenvalue weighted by Crippen LogP contribution is -2.27. The van der Waals surface area contributed by atoms with Crippen molar-refractivity contribution in [2.24, 2.45) is 5.10 Å². The first-order valence-electron chi connectivity index (χ1n) is 8.23. The molecule has 0 fully saturated rings. The number of hydrazone groups is 1. The van der Waals surface area contributed by atoms with Crippen molar-refractivity contribution in [3.8, 4) is 11.5 Å².